The molecule has 0 bridgehead atoms. The molecule has 32 heavy (non-hydrogen) atoms. The molecule has 0 aromatic heterocycles. The highest BCUT2D eigenvalue weighted by molar-refractivity contribution is 5.80. The van der Waals surface area contributed by atoms with Crippen LogP contribution in [-0.4, -0.2) is 71.9 Å². The van der Waals surface area contributed by atoms with Crippen LogP contribution >= 0.6 is 0 Å². The van der Waals surface area contributed by atoms with Gasteiger partial charge in [0, 0.05) is 56.6 Å². The number of hydrogen-bond acceptors (Lipinski definition) is 5. The first kappa shape index (κ1) is 23.7. The molecule has 0 spiro atoms. The largest absolute Gasteiger partial charge is 0.497 e. The van der Waals surface area contributed by atoms with Gasteiger partial charge in [0.2, 0.25) is 0 Å². The highest BCUT2D eigenvalue weighted by atomic mass is 19.1. The van der Waals surface area contributed by atoms with Gasteiger partial charge in [0.25, 0.3) is 0 Å². The lowest BCUT2D eigenvalue weighted by molar-refractivity contribution is 0.297. The summed E-state index contributed by atoms with van der Waals surface area (Å²) in [5.41, 5.74) is 2.13. The van der Waals surface area contributed by atoms with Crippen LogP contribution in [0.15, 0.2) is 47.5 Å². The standard InChI is InChI=1S/C24H34FN5O2/c1-26-24(27-15-23(29(2)3)17-6-8-18(25)9-7-17)28-19-10-11-30(16-19)20-12-21(31-4)14-22(13-20)32-5/h6-9,12-14,19,23H,10-11,15-16H2,1-5H3,(H2,26,27,28). The summed E-state index contributed by atoms with van der Waals surface area (Å²) in [6.07, 6.45) is 0.995. The number of guanidine groups is 1. The van der Waals surface area contributed by atoms with Crippen molar-refractivity contribution in [3.8, 4) is 11.5 Å². The van der Waals surface area contributed by atoms with Gasteiger partial charge in [-0.3, -0.25) is 4.99 Å². The van der Waals surface area contributed by atoms with Gasteiger partial charge in [-0.05, 0) is 38.2 Å². The number of likely N-dealkylation sites (N-methyl/N-ethyl adjacent to an activating group) is 1. The average molecular weight is 444 g/mol. The number of benzene rings is 2. The molecule has 1 aliphatic heterocycles. The van der Waals surface area contributed by atoms with Gasteiger partial charge in [-0.15, -0.1) is 0 Å². The van der Waals surface area contributed by atoms with Crippen molar-refractivity contribution in [3.63, 3.8) is 0 Å². The Bertz CT molecular complexity index is 882. The van der Waals surface area contributed by atoms with Gasteiger partial charge in [-0.2, -0.15) is 0 Å². The minimum absolute atomic E-state index is 0.0958. The zero-order valence-corrected chi connectivity index (χ0v) is 19.6. The van der Waals surface area contributed by atoms with E-state index in [1.807, 2.05) is 44.4 Å². The summed E-state index contributed by atoms with van der Waals surface area (Å²) < 4.78 is 24.1. The number of hydrogen-bond donors (Lipinski definition) is 2. The van der Waals surface area contributed by atoms with Crippen LogP contribution in [0.2, 0.25) is 0 Å². The maximum absolute atomic E-state index is 13.3. The monoisotopic (exact) mass is 443 g/mol. The fraction of sp³-hybridized carbons (Fsp3) is 0.458. The van der Waals surface area contributed by atoms with Gasteiger partial charge in [-0.1, -0.05) is 12.1 Å². The van der Waals surface area contributed by atoms with E-state index in [-0.39, 0.29) is 17.9 Å². The Morgan fingerprint density at radius 2 is 1.81 bits per heavy atom. The molecule has 2 unspecified atom stereocenters. The number of nitrogens with one attached hydrogen (secondary N) is 2. The minimum atomic E-state index is -0.226. The maximum atomic E-state index is 13.3. The van der Waals surface area contributed by atoms with Crippen LogP contribution in [-0.2, 0) is 0 Å². The second-order valence-corrected chi connectivity index (χ2v) is 8.13. The molecule has 0 saturated carbocycles. The molecular weight excluding hydrogens is 409 g/mol. The van der Waals surface area contributed by atoms with Gasteiger partial charge in [0.05, 0.1) is 20.3 Å². The molecular formula is C24H34FN5O2. The molecule has 7 nitrogen and oxygen atoms in total. The Kier molecular flexibility index (Phi) is 8.16. The van der Waals surface area contributed by atoms with Crippen LogP contribution in [0.1, 0.15) is 18.0 Å². The summed E-state index contributed by atoms with van der Waals surface area (Å²) in [5.74, 6) is 2.10. The molecule has 2 N–H and O–H groups in total. The van der Waals surface area contributed by atoms with E-state index in [2.05, 4.69) is 25.4 Å². The second-order valence-electron chi connectivity index (χ2n) is 8.13. The van der Waals surface area contributed by atoms with Gasteiger partial charge in [0.1, 0.15) is 17.3 Å². The van der Waals surface area contributed by atoms with E-state index in [0.717, 1.165) is 48.2 Å². The van der Waals surface area contributed by atoms with Crippen LogP contribution in [0.5, 0.6) is 11.5 Å². The van der Waals surface area contributed by atoms with Crippen molar-refractivity contribution in [2.45, 2.75) is 18.5 Å². The van der Waals surface area contributed by atoms with Crippen molar-refractivity contribution in [3.05, 3.63) is 53.8 Å². The third kappa shape index (κ3) is 6.03. The number of rotatable bonds is 8. The van der Waals surface area contributed by atoms with Gasteiger partial charge in [0.15, 0.2) is 5.96 Å². The number of halogens is 1. The lowest BCUT2D eigenvalue weighted by atomic mass is 10.1. The van der Waals surface area contributed by atoms with E-state index in [1.165, 1.54) is 12.1 Å². The average Bonchev–Trinajstić information content (AvgIpc) is 3.27. The molecule has 1 heterocycles. The number of ether oxygens (including phenoxy) is 2. The summed E-state index contributed by atoms with van der Waals surface area (Å²) in [5, 5.41) is 6.96. The van der Waals surface area contributed by atoms with Crippen LogP contribution in [0.25, 0.3) is 0 Å². The van der Waals surface area contributed by atoms with E-state index >= 15 is 0 Å². The minimum Gasteiger partial charge on any atom is -0.497 e. The Balaban J connectivity index is 1.59. The number of nitrogens with zero attached hydrogens (tertiary/aromatic N) is 3. The molecule has 2 aromatic carbocycles. The van der Waals surface area contributed by atoms with E-state index in [4.69, 9.17) is 9.47 Å². The predicted molar refractivity (Wildman–Crippen MR) is 127 cm³/mol. The Hall–Kier alpha value is -3.00. The fourth-order valence-corrected chi connectivity index (χ4v) is 3.95. The third-order valence-electron chi connectivity index (χ3n) is 5.80. The Morgan fingerprint density at radius 3 is 2.38 bits per heavy atom. The first-order valence-corrected chi connectivity index (χ1v) is 10.8. The normalized spacial score (nSPS) is 17.4. The van der Waals surface area contributed by atoms with Gasteiger partial charge < -0.3 is 29.9 Å². The third-order valence-corrected chi connectivity index (χ3v) is 5.80. The molecule has 0 radical (unpaired) electrons. The molecule has 2 aromatic rings. The van der Waals surface area contributed by atoms with E-state index < -0.39 is 0 Å². The van der Waals surface area contributed by atoms with Crippen LogP contribution in [0.4, 0.5) is 10.1 Å². The Morgan fingerprint density at radius 1 is 1.16 bits per heavy atom. The lowest BCUT2D eigenvalue weighted by Crippen LogP contribution is -2.46. The molecule has 1 aliphatic rings. The topological polar surface area (TPSA) is 61.4 Å². The quantitative estimate of drug-likeness (QED) is 0.483. The molecule has 8 heteroatoms. The van der Waals surface area contributed by atoms with Crippen molar-refractivity contribution in [1.29, 1.82) is 0 Å². The van der Waals surface area contributed by atoms with E-state index in [1.54, 1.807) is 21.3 Å². The summed E-state index contributed by atoms with van der Waals surface area (Å²) >= 11 is 0. The van der Waals surface area contributed by atoms with Crippen molar-refractivity contribution in [2.24, 2.45) is 4.99 Å². The molecule has 0 amide bonds. The van der Waals surface area contributed by atoms with Gasteiger partial charge in [-0.25, -0.2) is 4.39 Å². The molecule has 174 valence electrons. The summed E-state index contributed by atoms with van der Waals surface area (Å²) in [6.45, 7) is 2.44. The summed E-state index contributed by atoms with van der Waals surface area (Å²) in [6, 6.07) is 13.0. The van der Waals surface area contributed by atoms with E-state index in [9.17, 15) is 4.39 Å². The first-order valence-electron chi connectivity index (χ1n) is 10.8. The SMILES string of the molecule is CN=C(NCC(c1ccc(F)cc1)N(C)C)NC1CCN(c2cc(OC)cc(OC)c2)C1. The van der Waals surface area contributed by atoms with Crippen molar-refractivity contribution in [2.75, 3.05) is 59.9 Å². The number of methoxy groups -OCH3 is 2. The van der Waals surface area contributed by atoms with Crippen molar-refractivity contribution in [1.82, 2.24) is 15.5 Å². The smallest absolute Gasteiger partial charge is 0.191 e. The van der Waals surface area contributed by atoms with Crippen LogP contribution in [0.3, 0.4) is 0 Å². The molecule has 1 fully saturated rings. The number of aliphatic imine (C=N–C) groups is 1. The zero-order valence-electron chi connectivity index (χ0n) is 19.6. The molecule has 3 rings (SSSR count). The molecule has 0 aliphatic carbocycles. The van der Waals surface area contributed by atoms with Crippen LogP contribution in [0, 0.1) is 5.82 Å². The van der Waals surface area contributed by atoms with Crippen molar-refractivity contribution < 1.29 is 13.9 Å². The second kappa shape index (κ2) is 11.0. The predicted octanol–water partition coefficient (Wildman–Crippen LogP) is 2.89. The number of anilines is 1. The highest BCUT2D eigenvalue weighted by Gasteiger charge is 2.25. The summed E-state index contributed by atoms with van der Waals surface area (Å²) in [4.78, 5) is 8.83. The fourth-order valence-electron chi connectivity index (χ4n) is 3.95. The highest BCUT2D eigenvalue weighted by Crippen LogP contribution is 2.30. The Labute approximate surface area is 190 Å². The zero-order chi connectivity index (χ0) is 23.1. The van der Waals surface area contributed by atoms with Crippen molar-refractivity contribution >= 4 is 11.6 Å². The van der Waals surface area contributed by atoms with Crippen LogP contribution < -0.4 is 25.0 Å². The van der Waals surface area contributed by atoms with E-state index in [0.29, 0.717) is 6.54 Å². The molecule has 1 saturated heterocycles. The lowest BCUT2D eigenvalue weighted by Gasteiger charge is -2.27. The van der Waals surface area contributed by atoms with Gasteiger partial charge >= 0.3 is 0 Å². The summed E-state index contributed by atoms with van der Waals surface area (Å²) in [7, 11) is 9.13. The molecule has 2 atom stereocenters. The maximum Gasteiger partial charge on any atom is 0.191 e. The first-order chi connectivity index (χ1) is 15.4.